The lowest BCUT2D eigenvalue weighted by atomic mass is 10.1. The van der Waals surface area contributed by atoms with Gasteiger partial charge in [0.25, 0.3) is 15.9 Å². The van der Waals surface area contributed by atoms with E-state index in [4.69, 9.17) is 5.11 Å². The van der Waals surface area contributed by atoms with E-state index in [2.05, 4.69) is 10.4 Å². The summed E-state index contributed by atoms with van der Waals surface area (Å²) in [5, 5.41) is 15.7. The zero-order chi connectivity index (χ0) is 22.8. The molecule has 9 nitrogen and oxygen atoms in total. The molecule has 2 N–H and O–H groups in total. The summed E-state index contributed by atoms with van der Waals surface area (Å²) >= 11 is 0. The number of carbonyl (C=O) groups is 2. The largest absolute Gasteiger partial charge is 0.478 e. The first-order valence-electron chi connectivity index (χ1n) is 9.29. The Hall–Kier alpha value is -3.66. The number of amides is 1. The lowest BCUT2D eigenvalue weighted by Gasteiger charge is -2.21. The number of carbonyl (C=O) groups excluding carboxylic acids is 1. The highest BCUT2D eigenvalue weighted by atomic mass is 32.2. The third-order valence-corrected chi connectivity index (χ3v) is 6.55. The number of anilines is 1. The Morgan fingerprint density at radius 2 is 1.71 bits per heavy atom. The summed E-state index contributed by atoms with van der Waals surface area (Å²) in [5.74, 6) is -1.41. The number of hydrogen-bond donors (Lipinski definition) is 2. The molecule has 0 aliphatic carbocycles. The van der Waals surface area contributed by atoms with Gasteiger partial charge in [0.15, 0.2) is 5.82 Å². The molecule has 0 aliphatic rings. The second kappa shape index (κ2) is 8.60. The maximum Gasteiger partial charge on any atom is 0.335 e. The zero-order valence-corrected chi connectivity index (χ0v) is 18.0. The number of aromatic carboxylic acids is 1. The summed E-state index contributed by atoms with van der Waals surface area (Å²) in [4.78, 5) is 23.8. The van der Waals surface area contributed by atoms with Crippen LogP contribution in [0.25, 0.3) is 0 Å². The monoisotopic (exact) mass is 442 g/mol. The third-order valence-electron chi connectivity index (χ3n) is 4.78. The maximum absolute atomic E-state index is 13.0. The van der Waals surface area contributed by atoms with Crippen LogP contribution in [0.2, 0.25) is 0 Å². The van der Waals surface area contributed by atoms with Gasteiger partial charge in [-0.1, -0.05) is 29.8 Å². The van der Waals surface area contributed by atoms with Crippen molar-refractivity contribution in [1.82, 2.24) is 15.1 Å². The molecule has 1 heterocycles. The summed E-state index contributed by atoms with van der Waals surface area (Å²) in [5.41, 5.74) is 1.87. The number of nitrogens with zero attached hydrogens (tertiary/aromatic N) is 3. The van der Waals surface area contributed by atoms with E-state index in [0.29, 0.717) is 5.56 Å². The Bertz CT molecular complexity index is 1220. The van der Waals surface area contributed by atoms with Crippen molar-refractivity contribution < 1.29 is 23.1 Å². The average Bonchev–Trinajstić information content (AvgIpc) is 3.13. The van der Waals surface area contributed by atoms with Crippen molar-refractivity contribution in [2.45, 2.75) is 18.4 Å². The summed E-state index contributed by atoms with van der Waals surface area (Å²) in [7, 11) is -0.978. The molecule has 2 aromatic carbocycles. The van der Waals surface area contributed by atoms with Crippen LogP contribution in [0.4, 0.5) is 5.82 Å². The first-order chi connectivity index (χ1) is 14.6. The van der Waals surface area contributed by atoms with E-state index in [1.165, 1.54) is 42.2 Å². The van der Waals surface area contributed by atoms with E-state index in [9.17, 15) is 18.0 Å². The van der Waals surface area contributed by atoms with Crippen molar-refractivity contribution in [3.8, 4) is 0 Å². The molecule has 0 unspecified atom stereocenters. The number of carboxylic acid groups (broad SMARTS) is 1. The second-order valence-electron chi connectivity index (χ2n) is 6.98. The number of hydrogen-bond acceptors (Lipinski definition) is 5. The fraction of sp³-hybridized carbons (Fsp3) is 0.190. The van der Waals surface area contributed by atoms with Crippen LogP contribution in [-0.4, -0.2) is 42.2 Å². The number of aryl methyl sites for hydroxylation is 2. The van der Waals surface area contributed by atoms with Crippen LogP contribution in [0.3, 0.4) is 0 Å². The second-order valence-corrected chi connectivity index (χ2v) is 8.95. The molecule has 0 radical (unpaired) electrons. The fourth-order valence-corrected chi connectivity index (χ4v) is 4.23. The third kappa shape index (κ3) is 4.58. The number of carboxylic acids is 1. The zero-order valence-electron chi connectivity index (χ0n) is 17.2. The lowest BCUT2D eigenvalue weighted by molar-refractivity contribution is 0.0696. The summed E-state index contributed by atoms with van der Waals surface area (Å²) in [6.45, 7) is 2.00. The number of rotatable bonds is 7. The quantitative estimate of drug-likeness (QED) is 0.578. The van der Waals surface area contributed by atoms with Crippen molar-refractivity contribution >= 4 is 27.7 Å². The molecule has 0 saturated heterocycles. The molecule has 0 fully saturated rings. The molecule has 1 aromatic heterocycles. The molecule has 0 atom stereocenters. The van der Waals surface area contributed by atoms with Gasteiger partial charge in [0, 0.05) is 20.6 Å². The highest BCUT2D eigenvalue weighted by Gasteiger charge is 2.28. The lowest BCUT2D eigenvalue weighted by Crippen LogP contribution is -2.31. The Morgan fingerprint density at radius 3 is 2.29 bits per heavy atom. The number of sulfonamides is 1. The summed E-state index contributed by atoms with van der Waals surface area (Å²) in [6.07, 6.45) is 1.30. The Morgan fingerprint density at radius 1 is 1.10 bits per heavy atom. The molecule has 162 valence electrons. The van der Waals surface area contributed by atoms with Crippen molar-refractivity contribution in [3.63, 3.8) is 0 Å². The Labute approximate surface area is 180 Å². The van der Waals surface area contributed by atoms with Gasteiger partial charge in [0.1, 0.15) is 5.56 Å². The summed E-state index contributed by atoms with van der Waals surface area (Å²) in [6, 6.07) is 12.5. The first kappa shape index (κ1) is 22.0. The van der Waals surface area contributed by atoms with Crippen LogP contribution in [0.1, 0.15) is 31.8 Å². The standard InChI is InChI=1S/C21H22N4O5S/c1-14-4-10-17(11-5-14)31(29,30)25(3)20-18(13-23-24(20)2)19(26)22-12-15-6-8-16(9-7-15)21(27)28/h4-11,13H,12H2,1-3H3,(H,22,26)(H,27,28). The molecule has 10 heteroatoms. The van der Waals surface area contributed by atoms with Crippen LogP contribution < -0.4 is 9.62 Å². The van der Waals surface area contributed by atoms with Gasteiger partial charge in [-0.05, 0) is 36.8 Å². The predicted octanol–water partition coefficient (Wildman–Crippen LogP) is 2.18. The Balaban J connectivity index is 1.81. The van der Waals surface area contributed by atoms with E-state index in [-0.39, 0.29) is 28.4 Å². The van der Waals surface area contributed by atoms with Gasteiger partial charge in [-0.3, -0.25) is 13.8 Å². The molecule has 0 bridgehead atoms. The highest BCUT2D eigenvalue weighted by Crippen LogP contribution is 2.25. The van der Waals surface area contributed by atoms with Crippen LogP contribution in [-0.2, 0) is 23.6 Å². The van der Waals surface area contributed by atoms with Gasteiger partial charge < -0.3 is 10.4 Å². The van der Waals surface area contributed by atoms with E-state index in [1.54, 1.807) is 31.3 Å². The van der Waals surface area contributed by atoms with Gasteiger partial charge in [-0.25, -0.2) is 13.2 Å². The molecule has 3 aromatic rings. The SMILES string of the molecule is Cc1ccc(S(=O)(=O)N(C)c2c(C(=O)NCc3ccc(C(=O)O)cc3)cnn2C)cc1. The van der Waals surface area contributed by atoms with Gasteiger partial charge in [-0.2, -0.15) is 5.10 Å². The van der Waals surface area contributed by atoms with Gasteiger partial charge >= 0.3 is 5.97 Å². The van der Waals surface area contributed by atoms with Crippen molar-refractivity contribution in [1.29, 1.82) is 0 Å². The molecule has 31 heavy (non-hydrogen) atoms. The van der Waals surface area contributed by atoms with Crippen LogP contribution >= 0.6 is 0 Å². The van der Waals surface area contributed by atoms with Crippen molar-refractivity contribution in [2.24, 2.45) is 7.05 Å². The maximum atomic E-state index is 13.0. The van der Waals surface area contributed by atoms with E-state index in [1.807, 2.05) is 6.92 Å². The molecular weight excluding hydrogens is 420 g/mol. The molecule has 1 amide bonds. The predicted molar refractivity (Wildman–Crippen MR) is 115 cm³/mol. The highest BCUT2D eigenvalue weighted by molar-refractivity contribution is 7.92. The summed E-state index contributed by atoms with van der Waals surface area (Å²) < 4.78 is 28.4. The van der Waals surface area contributed by atoms with E-state index >= 15 is 0 Å². The van der Waals surface area contributed by atoms with Crippen LogP contribution in [0.15, 0.2) is 59.6 Å². The molecule has 0 spiro atoms. The number of aromatic nitrogens is 2. The number of nitrogens with one attached hydrogen (secondary N) is 1. The van der Waals surface area contributed by atoms with Crippen LogP contribution in [0.5, 0.6) is 0 Å². The van der Waals surface area contributed by atoms with Crippen molar-refractivity contribution in [2.75, 3.05) is 11.4 Å². The van der Waals surface area contributed by atoms with E-state index < -0.39 is 21.9 Å². The molecule has 0 saturated carbocycles. The topological polar surface area (TPSA) is 122 Å². The average molecular weight is 442 g/mol. The van der Waals surface area contributed by atoms with Crippen LogP contribution in [0, 0.1) is 6.92 Å². The fourth-order valence-electron chi connectivity index (χ4n) is 2.99. The first-order valence-corrected chi connectivity index (χ1v) is 10.7. The molecule has 3 rings (SSSR count). The minimum absolute atomic E-state index is 0.0999. The normalized spacial score (nSPS) is 11.2. The van der Waals surface area contributed by atoms with Crippen molar-refractivity contribution in [3.05, 3.63) is 77.0 Å². The minimum atomic E-state index is -3.90. The van der Waals surface area contributed by atoms with Gasteiger partial charge in [-0.15, -0.1) is 0 Å². The number of benzene rings is 2. The van der Waals surface area contributed by atoms with E-state index in [0.717, 1.165) is 9.87 Å². The Kier molecular flexibility index (Phi) is 6.11. The molecular formula is C21H22N4O5S. The van der Waals surface area contributed by atoms with Gasteiger partial charge in [0.2, 0.25) is 0 Å². The molecule has 0 aliphatic heterocycles. The smallest absolute Gasteiger partial charge is 0.335 e. The minimum Gasteiger partial charge on any atom is -0.478 e. The van der Waals surface area contributed by atoms with Gasteiger partial charge in [0.05, 0.1) is 16.7 Å².